The SMILES string of the molecule is CCOC(=O)Cc1c(CCl)cnc(OC)c1C(F)F. The number of rotatable bonds is 6. The van der Waals surface area contributed by atoms with Crippen molar-refractivity contribution in [2.75, 3.05) is 13.7 Å². The summed E-state index contributed by atoms with van der Waals surface area (Å²) < 4.78 is 35.8. The van der Waals surface area contributed by atoms with Gasteiger partial charge >= 0.3 is 5.97 Å². The van der Waals surface area contributed by atoms with Gasteiger partial charge in [0, 0.05) is 12.1 Å². The molecule has 0 aliphatic heterocycles. The summed E-state index contributed by atoms with van der Waals surface area (Å²) in [5, 5.41) is 0. The van der Waals surface area contributed by atoms with E-state index in [4.69, 9.17) is 21.1 Å². The molecule has 4 nitrogen and oxygen atoms in total. The van der Waals surface area contributed by atoms with Crippen molar-refractivity contribution in [1.82, 2.24) is 4.98 Å². The van der Waals surface area contributed by atoms with Gasteiger partial charge in [-0.1, -0.05) is 0 Å². The van der Waals surface area contributed by atoms with E-state index in [1.807, 2.05) is 0 Å². The van der Waals surface area contributed by atoms with E-state index in [2.05, 4.69) is 4.98 Å². The normalized spacial score (nSPS) is 10.6. The van der Waals surface area contributed by atoms with Crippen molar-refractivity contribution in [1.29, 1.82) is 0 Å². The van der Waals surface area contributed by atoms with E-state index in [9.17, 15) is 13.6 Å². The van der Waals surface area contributed by atoms with Crippen molar-refractivity contribution in [3.8, 4) is 5.88 Å². The second-order valence-corrected chi connectivity index (χ2v) is 3.87. The third kappa shape index (κ3) is 3.76. The third-order valence-electron chi connectivity index (χ3n) is 2.46. The minimum Gasteiger partial charge on any atom is -0.481 e. The summed E-state index contributed by atoms with van der Waals surface area (Å²) in [4.78, 5) is 15.2. The van der Waals surface area contributed by atoms with E-state index in [0.29, 0.717) is 5.56 Å². The van der Waals surface area contributed by atoms with Crippen LogP contribution < -0.4 is 4.74 Å². The van der Waals surface area contributed by atoms with Crippen LogP contribution in [0.15, 0.2) is 6.20 Å². The molecular formula is C12H14ClF2NO3. The van der Waals surface area contributed by atoms with Gasteiger partial charge in [0.25, 0.3) is 6.43 Å². The highest BCUT2D eigenvalue weighted by Gasteiger charge is 2.24. The molecule has 1 heterocycles. The van der Waals surface area contributed by atoms with Crippen LogP contribution in [0.25, 0.3) is 0 Å². The lowest BCUT2D eigenvalue weighted by atomic mass is 10.0. The summed E-state index contributed by atoms with van der Waals surface area (Å²) in [5.41, 5.74) is 0.0785. The number of alkyl halides is 3. The second kappa shape index (κ2) is 7.23. The van der Waals surface area contributed by atoms with Gasteiger partial charge in [0.2, 0.25) is 5.88 Å². The number of hydrogen-bond donors (Lipinski definition) is 0. The Morgan fingerprint density at radius 3 is 2.68 bits per heavy atom. The fourth-order valence-corrected chi connectivity index (χ4v) is 1.88. The van der Waals surface area contributed by atoms with Gasteiger partial charge < -0.3 is 9.47 Å². The Morgan fingerprint density at radius 2 is 2.21 bits per heavy atom. The van der Waals surface area contributed by atoms with Crippen LogP contribution >= 0.6 is 11.6 Å². The number of carbonyl (C=O) groups is 1. The lowest BCUT2D eigenvalue weighted by Crippen LogP contribution is -2.13. The number of nitrogens with zero attached hydrogens (tertiary/aromatic N) is 1. The smallest absolute Gasteiger partial charge is 0.310 e. The van der Waals surface area contributed by atoms with Crippen LogP contribution in [-0.4, -0.2) is 24.7 Å². The minimum absolute atomic E-state index is 0.0224. The van der Waals surface area contributed by atoms with Crippen molar-refractivity contribution in [3.05, 3.63) is 22.9 Å². The third-order valence-corrected chi connectivity index (χ3v) is 2.75. The Bertz CT molecular complexity index is 455. The molecule has 0 N–H and O–H groups in total. The summed E-state index contributed by atoms with van der Waals surface area (Å²) in [5.74, 6) is -0.821. The maximum absolute atomic E-state index is 13.1. The molecule has 0 radical (unpaired) electrons. The van der Waals surface area contributed by atoms with E-state index in [-0.39, 0.29) is 30.4 Å². The predicted molar refractivity (Wildman–Crippen MR) is 65.6 cm³/mol. The van der Waals surface area contributed by atoms with Crippen LogP contribution in [-0.2, 0) is 21.8 Å². The standard InChI is InChI=1S/C12H14ClF2NO3/c1-3-19-9(17)4-8-7(5-13)6-16-12(18-2)10(8)11(14)15/h6,11H,3-5H2,1-2H3. The van der Waals surface area contributed by atoms with E-state index in [0.717, 1.165) is 0 Å². The molecular weight excluding hydrogens is 280 g/mol. The molecule has 1 aromatic heterocycles. The molecule has 19 heavy (non-hydrogen) atoms. The van der Waals surface area contributed by atoms with Crippen LogP contribution in [0.2, 0.25) is 0 Å². The molecule has 0 spiro atoms. The molecule has 0 aliphatic carbocycles. The lowest BCUT2D eigenvalue weighted by Gasteiger charge is -2.15. The topological polar surface area (TPSA) is 48.4 Å². The number of methoxy groups -OCH3 is 1. The Hall–Kier alpha value is -1.43. The van der Waals surface area contributed by atoms with Gasteiger partial charge in [-0.2, -0.15) is 0 Å². The molecule has 0 amide bonds. The number of halogens is 3. The molecule has 0 saturated carbocycles. The molecule has 7 heteroatoms. The second-order valence-electron chi connectivity index (χ2n) is 3.60. The average Bonchev–Trinajstić information content (AvgIpc) is 2.37. The number of carbonyl (C=O) groups excluding carboxylic acids is 1. The van der Waals surface area contributed by atoms with Gasteiger partial charge in [-0.05, 0) is 18.1 Å². The predicted octanol–water partition coefficient (Wildman–Crippen LogP) is 2.87. The van der Waals surface area contributed by atoms with E-state index < -0.39 is 18.0 Å². The molecule has 0 bridgehead atoms. The van der Waals surface area contributed by atoms with Gasteiger partial charge in [-0.15, -0.1) is 11.6 Å². The first-order chi connectivity index (χ1) is 9.04. The van der Waals surface area contributed by atoms with Gasteiger partial charge in [0.05, 0.1) is 25.7 Å². The number of hydrogen-bond acceptors (Lipinski definition) is 4. The van der Waals surface area contributed by atoms with Crippen LogP contribution in [0.3, 0.4) is 0 Å². The van der Waals surface area contributed by atoms with Gasteiger partial charge in [-0.3, -0.25) is 4.79 Å². The van der Waals surface area contributed by atoms with E-state index in [1.165, 1.54) is 13.3 Å². The zero-order valence-corrected chi connectivity index (χ0v) is 11.3. The first-order valence-electron chi connectivity index (χ1n) is 5.59. The highest BCUT2D eigenvalue weighted by atomic mass is 35.5. The highest BCUT2D eigenvalue weighted by Crippen LogP contribution is 2.33. The number of esters is 1. The molecule has 0 atom stereocenters. The maximum atomic E-state index is 13.1. The van der Waals surface area contributed by atoms with Crippen molar-refractivity contribution >= 4 is 17.6 Å². The van der Waals surface area contributed by atoms with Gasteiger partial charge in [0.1, 0.15) is 0 Å². The molecule has 0 aromatic carbocycles. The molecule has 1 aromatic rings. The molecule has 1 rings (SSSR count). The number of ether oxygens (including phenoxy) is 2. The Morgan fingerprint density at radius 1 is 1.53 bits per heavy atom. The van der Waals surface area contributed by atoms with E-state index in [1.54, 1.807) is 6.92 Å². The van der Waals surface area contributed by atoms with Crippen LogP contribution in [0, 0.1) is 0 Å². The van der Waals surface area contributed by atoms with Crippen LogP contribution in [0.5, 0.6) is 5.88 Å². The minimum atomic E-state index is -2.81. The average molecular weight is 294 g/mol. The van der Waals surface area contributed by atoms with E-state index >= 15 is 0 Å². The summed E-state index contributed by atoms with van der Waals surface area (Å²) in [7, 11) is 1.24. The zero-order chi connectivity index (χ0) is 14.4. The largest absolute Gasteiger partial charge is 0.481 e. The number of pyridine rings is 1. The van der Waals surface area contributed by atoms with Crippen molar-refractivity contribution in [2.24, 2.45) is 0 Å². The first-order valence-corrected chi connectivity index (χ1v) is 6.12. The Kier molecular flexibility index (Phi) is 5.95. The highest BCUT2D eigenvalue weighted by molar-refractivity contribution is 6.17. The van der Waals surface area contributed by atoms with Gasteiger partial charge in [0.15, 0.2) is 0 Å². The summed E-state index contributed by atoms with van der Waals surface area (Å²) >= 11 is 5.69. The Balaban J connectivity index is 3.26. The quantitative estimate of drug-likeness (QED) is 0.598. The Labute approximate surface area is 114 Å². The fourth-order valence-electron chi connectivity index (χ4n) is 1.65. The molecule has 0 unspecified atom stereocenters. The fraction of sp³-hybridized carbons (Fsp3) is 0.500. The molecule has 106 valence electrons. The zero-order valence-electron chi connectivity index (χ0n) is 10.6. The summed E-state index contributed by atoms with van der Waals surface area (Å²) in [6, 6.07) is 0. The summed E-state index contributed by atoms with van der Waals surface area (Å²) in [6.45, 7) is 1.82. The van der Waals surface area contributed by atoms with Crippen LogP contribution in [0.4, 0.5) is 8.78 Å². The maximum Gasteiger partial charge on any atom is 0.310 e. The molecule has 0 fully saturated rings. The molecule has 0 aliphatic rings. The van der Waals surface area contributed by atoms with Crippen LogP contribution in [0.1, 0.15) is 30.0 Å². The first kappa shape index (κ1) is 15.6. The van der Waals surface area contributed by atoms with Crippen molar-refractivity contribution in [2.45, 2.75) is 25.7 Å². The van der Waals surface area contributed by atoms with Gasteiger partial charge in [-0.25, -0.2) is 13.8 Å². The monoisotopic (exact) mass is 293 g/mol. The molecule has 0 saturated heterocycles. The number of aromatic nitrogens is 1. The van der Waals surface area contributed by atoms with Crippen molar-refractivity contribution < 1.29 is 23.0 Å². The van der Waals surface area contributed by atoms with Crippen molar-refractivity contribution in [3.63, 3.8) is 0 Å². The lowest BCUT2D eigenvalue weighted by molar-refractivity contribution is -0.142. The summed E-state index contributed by atoms with van der Waals surface area (Å²) in [6.07, 6.45) is -1.77.